The van der Waals surface area contributed by atoms with Crippen molar-refractivity contribution in [2.45, 2.75) is 76.9 Å². The molecule has 3 fully saturated rings. The summed E-state index contributed by atoms with van der Waals surface area (Å²) in [4.78, 5) is 56.2. The molecule has 6 N–H and O–H groups in total. The van der Waals surface area contributed by atoms with Crippen molar-refractivity contribution in [1.29, 1.82) is 5.41 Å². The zero-order valence-electron chi connectivity index (χ0n) is 27.3. The standard InChI is InChI=1S/C35H42ClN7O5/c1-18(2)27-17-43(34(47)40-27)35(33(46)39-25-6-4-5-24(36)14-25)15-22-11-12-26(13-23(22)16-35)38-32(45)30(28(20-7-8-20)21-9-10-21)41-31(44)29(42-48)19(3)37/h4-6,11-14,18,20-21,27-28,30,37,48H,7-10,15-17H2,1-3H3,(H,38,45)(H,39,46)(H,40,47)(H,41,44)/b37-19?,42-29+/t27-,30-,35?/m0/s1. The van der Waals surface area contributed by atoms with E-state index in [2.05, 4.69) is 26.4 Å². The number of nitrogens with zero attached hydrogens (tertiary/aromatic N) is 2. The van der Waals surface area contributed by atoms with E-state index >= 15 is 0 Å². The summed E-state index contributed by atoms with van der Waals surface area (Å²) in [5, 5.41) is 32.4. The lowest BCUT2D eigenvalue weighted by atomic mass is 9.88. The van der Waals surface area contributed by atoms with Crippen LogP contribution >= 0.6 is 11.6 Å². The predicted molar refractivity (Wildman–Crippen MR) is 183 cm³/mol. The van der Waals surface area contributed by atoms with E-state index < -0.39 is 29.1 Å². The summed E-state index contributed by atoms with van der Waals surface area (Å²) < 4.78 is 0. The van der Waals surface area contributed by atoms with Crippen molar-refractivity contribution >= 4 is 58.2 Å². The van der Waals surface area contributed by atoms with Gasteiger partial charge in [0.25, 0.3) is 11.8 Å². The van der Waals surface area contributed by atoms with Crippen LogP contribution in [0.5, 0.6) is 0 Å². The summed E-state index contributed by atoms with van der Waals surface area (Å²) in [7, 11) is 0. The zero-order valence-corrected chi connectivity index (χ0v) is 28.1. The fourth-order valence-corrected chi connectivity index (χ4v) is 7.47. The van der Waals surface area contributed by atoms with Crippen LogP contribution in [0.4, 0.5) is 16.2 Å². The summed E-state index contributed by atoms with van der Waals surface area (Å²) in [6.45, 7) is 5.78. The van der Waals surface area contributed by atoms with E-state index in [1.807, 2.05) is 26.0 Å². The molecular formula is C35H42ClN7O5. The van der Waals surface area contributed by atoms with Crippen LogP contribution in [0.3, 0.4) is 0 Å². The lowest BCUT2D eigenvalue weighted by Gasteiger charge is -2.36. The first-order valence-electron chi connectivity index (χ1n) is 16.6. The molecule has 0 aromatic heterocycles. The van der Waals surface area contributed by atoms with Crippen LogP contribution in [-0.4, -0.2) is 69.5 Å². The maximum Gasteiger partial charge on any atom is 0.318 e. The van der Waals surface area contributed by atoms with E-state index in [1.54, 1.807) is 35.2 Å². The molecule has 2 aromatic carbocycles. The molecule has 0 spiro atoms. The third-order valence-corrected chi connectivity index (χ3v) is 10.4. The van der Waals surface area contributed by atoms with Gasteiger partial charge in [-0.25, -0.2) is 4.79 Å². The molecule has 2 saturated carbocycles. The van der Waals surface area contributed by atoms with E-state index in [1.165, 1.54) is 6.92 Å². The first-order chi connectivity index (χ1) is 22.9. The molecule has 12 nitrogen and oxygen atoms in total. The number of urea groups is 1. The zero-order chi connectivity index (χ0) is 34.3. The van der Waals surface area contributed by atoms with Crippen molar-refractivity contribution in [2.75, 3.05) is 17.2 Å². The molecule has 0 bridgehead atoms. The van der Waals surface area contributed by atoms with Gasteiger partial charge in [-0.2, -0.15) is 0 Å². The minimum atomic E-state index is -1.22. The van der Waals surface area contributed by atoms with Gasteiger partial charge in [0.2, 0.25) is 5.91 Å². The van der Waals surface area contributed by atoms with Gasteiger partial charge < -0.3 is 36.8 Å². The second kappa shape index (κ2) is 13.2. The van der Waals surface area contributed by atoms with Crippen LogP contribution in [0.2, 0.25) is 5.02 Å². The number of oxime groups is 1. The number of carbonyl (C=O) groups is 4. The quantitative estimate of drug-likeness (QED) is 0.109. The van der Waals surface area contributed by atoms with Crippen LogP contribution in [0.25, 0.3) is 0 Å². The Kier molecular flexibility index (Phi) is 9.21. The molecule has 3 atom stereocenters. The van der Waals surface area contributed by atoms with Gasteiger partial charge in [0, 0.05) is 35.8 Å². The number of hydrogen-bond donors (Lipinski definition) is 6. The summed E-state index contributed by atoms with van der Waals surface area (Å²) in [6, 6.07) is 11.1. The minimum Gasteiger partial charge on any atom is -0.410 e. The lowest BCUT2D eigenvalue weighted by Crippen LogP contribution is -2.59. The number of benzene rings is 2. The Bertz CT molecular complexity index is 1670. The molecule has 48 heavy (non-hydrogen) atoms. The number of fused-ring (bicyclic) bond motifs is 1. The Morgan fingerprint density at radius 3 is 2.27 bits per heavy atom. The first kappa shape index (κ1) is 33.5. The molecular weight excluding hydrogens is 634 g/mol. The molecule has 13 heteroatoms. The van der Waals surface area contributed by atoms with E-state index in [0.717, 1.165) is 36.8 Å². The lowest BCUT2D eigenvalue weighted by molar-refractivity contribution is -0.125. The van der Waals surface area contributed by atoms with Crippen molar-refractivity contribution < 1.29 is 24.4 Å². The van der Waals surface area contributed by atoms with E-state index in [4.69, 9.17) is 17.0 Å². The predicted octanol–water partition coefficient (Wildman–Crippen LogP) is 4.60. The fourth-order valence-electron chi connectivity index (χ4n) is 7.28. The number of amides is 5. The van der Waals surface area contributed by atoms with Gasteiger partial charge in [0.15, 0.2) is 5.71 Å². The van der Waals surface area contributed by atoms with Crippen molar-refractivity contribution in [1.82, 2.24) is 15.5 Å². The minimum absolute atomic E-state index is 0.0697. The summed E-state index contributed by atoms with van der Waals surface area (Å²) in [6.07, 6.45) is 4.43. The van der Waals surface area contributed by atoms with Gasteiger partial charge in [0.1, 0.15) is 11.6 Å². The van der Waals surface area contributed by atoms with Gasteiger partial charge in [0.05, 0.1) is 11.8 Å². The van der Waals surface area contributed by atoms with Gasteiger partial charge in [-0.05, 0) is 97.7 Å². The van der Waals surface area contributed by atoms with Gasteiger partial charge in [-0.15, -0.1) is 0 Å². The first-order valence-corrected chi connectivity index (χ1v) is 16.9. The monoisotopic (exact) mass is 675 g/mol. The Morgan fingerprint density at radius 1 is 1.02 bits per heavy atom. The highest BCUT2D eigenvalue weighted by atomic mass is 35.5. The van der Waals surface area contributed by atoms with Crippen molar-refractivity contribution in [2.24, 2.45) is 28.8 Å². The van der Waals surface area contributed by atoms with Crippen molar-refractivity contribution in [3.63, 3.8) is 0 Å². The van der Waals surface area contributed by atoms with Crippen LogP contribution in [0.15, 0.2) is 47.6 Å². The number of hydrogen-bond acceptors (Lipinski definition) is 7. The Balaban J connectivity index is 1.26. The highest BCUT2D eigenvalue weighted by Crippen LogP contribution is 2.51. The average molecular weight is 676 g/mol. The highest BCUT2D eigenvalue weighted by molar-refractivity contribution is 6.65. The maximum atomic E-state index is 14.2. The third-order valence-electron chi connectivity index (χ3n) is 10.2. The van der Waals surface area contributed by atoms with Crippen LogP contribution in [0.1, 0.15) is 57.6 Å². The second-order valence-electron chi connectivity index (χ2n) is 14.0. The molecule has 1 unspecified atom stereocenters. The molecule has 5 amide bonds. The van der Waals surface area contributed by atoms with Crippen LogP contribution < -0.4 is 21.3 Å². The SMILES string of the molecule is CC(=N)/C(=N\O)C(=O)N[C@H](C(=O)Nc1ccc2c(c1)CC(C(=O)Nc1cccc(Cl)c1)(N1C[C@@H](C(C)C)NC1=O)C2)C(C1CC1)C1CC1. The normalized spacial score (nSPS) is 22.7. The van der Waals surface area contributed by atoms with Crippen molar-refractivity contribution in [3.8, 4) is 0 Å². The van der Waals surface area contributed by atoms with Gasteiger partial charge in [-0.3, -0.25) is 14.4 Å². The Morgan fingerprint density at radius 2 is 1.69 bits per heavy atom. The van der Waals surface area contributed by atoms with E-state index in [9.17, 15) is 24.4 Å². The van der Waals surface area contributed by atoms with E-state index in [-0.39, 0.29) is 48.4 Å². The third kappa shape index (κ3) is 6.76. The summed E-state index contributed by atoms with van der Waals surface area (Å²) in [5.74, 6) is -0.775. The molecule has 4 aliphatic rings. The van der Waals surface area contributed by atoms with Gasteiger partial charge in [-0.1, -0.05) is 42.7 Å². The molecule has 0 radical (unpaired) electrons. The van der Waals surface area contributed by atoms with E-state index in [0.29, 0.717) is 34.8 Å². The molecule has 2 aromatic rings. The second-order valence-corrected chi connectivity index (χ2v) is 14.4. The molecule has 1 saturated heterocycles. The van der Waals surface area contributed by atoms with Crippen LogP contribution in [-0.2, 0) is 27.2 Å². The fraction of sp³-hybridized carbons (Fsp3) is 0.486. The molecule has 254 valence electrons. The molecule has 3 aliphatic carbocycles. The number of carbonyl (C=O) groups excluding carboxylic acids is 4. The Labute approximate surface area is 284 Å². The highest BCUT2D eigenvalue weighted by Gasteiger charge is 2.54. The number of rotatable bonds is 12. The number of halogens is 1. The van der Waals surface area contributed by atoms with Crippen molar-refractivity contribution in [3.05, 3.63) is 58.6 Å². The smallest absolute Gasteiger partial charge is 0.318 e. The topological polar surface area (TPSA) is 176 Å². The average Bonchev–Trinajstić information content (AvgIpc) is 3.96. The maximum absolute atomic E-state index is 14.2. The number of nitrogens with one attached hydrogen (secondary N) is 5. The van der Waals surface area contributed by atoms with Crippen LogP contribution in [0, 0.1) is 29.1 Å². The molecule has 1 aliphatic heterocycles. The Hall–Kier alpha value is -4.45. The molecule has 1 heterocycles. The summed E-state index contributed by atoms with van der Waals surface area (Å²) in [5.41, 5.74) is 0.872. The largest absolute Gasteiger partial charge is 0.410 e. The number of anilines is 2. The summed E-state index contributed by atoms with van der Waals surface area (Å²) >= 11 is 6.20. The van der Waals surface area contributed by atoms with Gasteiger partial charge >= 0.3 is 6.03 Å². The molecule has 6 rings (SSSR count).